The Bertz CT molecular complexity index is 288. The first-order valence-electron chi connectivity index (χ1n) is 7.29. The molecule has 0 aromatic heterocycles. The molecule has 0 atom stereocenters. The van der Waals surface area contributed by atoms with Crippen LogP contribution in [0.15, 0.2) is 0 Å². The molecule has 0 aromatic rings. The molecule has 0 aliphatic carbocycles. The molecule has 0 bridgehead atoms. The van der Waals surface area contributed by atoms with Gasteiger partial charge >= 0.3 is 23.0 Å². The second-order valence-corrected chi connectivity index (χ2v) is 4.49. The standard InChI is InChI=1S/C12H25NO2.Cu.2NO3/c1-2-3-4-5-6-7-8-9-10-13-11-12(14)15;;2*2-1(3)4/h13H,2-11H2,1H3,(H,14,15);;;/q;+2;2*-1. The average Bonchev–Trinajstić information content (AvgIpc) is 2.39. The molecule has 0 aliphatic rings. The number of hydrogen-bond donors (Lipinski definition) is 2. The van der Waals surface area contributed by atoms with E-state index in [0.717, 1.165) is 13.0 Å². The number of rotatable bonds is 11. The molecule has 0 amide bonds. The summed E-state index contributed by atoms with van der Waals surface area (Å²) in [5.74, 6) is -0.769. The van der Waals surface area contributed by atoms with E-state index in [2.05, 4.69) is 12.2 Å². The zero-order valence-corrected chi connectivity index (χ0v) is 14.5. The fraction of sp³-hybridized carbons (Fsp3) is 0.917. The van der Waals surface area contributed by atoms with Crippen molar-refractivity contribution < 1.29 is 37.1 Å². The number of unbranched alkanes of at least 4 members (excludes halogenated alkanes) is 7. The molecule has 2 N–H and O–H groups in total. The van der Waals surface area contributed by atoms with Gasteiger partial charge in [-0.1, -0.05) is 51.9 Å². The Morgan fingerprint density at radius 3 is 1.54 bits per heavy atom. The van der Waals surface area contributed by atoms with Gasteiger partial charge in [-0.2, -0.15) is 0 Å². The van der Waals surface area contributed by atoms with Crippen LogP contribution in [-0.2, 0) is 21.9 Å². The molecule has 0 fully saturated rings. The molecule has 0 spiro atoms. The predicted octanol–water partition coefficient (Wildman–Crippen LogP) is 2.32. The number of carbonyl (C=O) groups is 1. The monoisotopic (exact) mass is 402 g/mol. The van der Waals surface area contributed by atoms with Gasteiger partial charge in [0.2, 0.25) is 0 Å². The Hall–Kier alpha value is -1.65. The van der Waals surface area contributed by atoms with Gasteiger partial charge in [0.05, 0.1) is 16.7 Å². The average molecular weight is 403 g/mol. The summed E-state index contributed by atoms with van der Waals surface area (Å²) < 4.78 is 0. The van der Waals surface area contributed by atoms with Gasteiger partial charge in [-0.05, 0) is 13.0 Å². The largest absolute Gasteiger partial charge is 2.00 e. The van der Waals surface area contributed by atoms with E-state index in [1.807, 2.05) is 0 Å². The number of carboxylic acids is 1. The van der Waals surface area contributed by atoms with Crippen LogP contribution in [0.25, 0.3) is 0 Å². The number of nitrogens with one attached hydrogen (secondary N) is 1. The topological polar surface area (TPSA) is 182 Å². The minimum atomic E-state index is -1.75. The molecule has 0 unspecified atom stereocenters. The number of aliphatic carboxylic acids is 1. The van der Waals surface area contributed by atoms with Crippen LogP contribution in [-0.4, -0.2) is 34.3 Å². The third-order valence-corrected chi connectivity index (χ3v) is 2.48. The second kappa shape index (κ2) is 26.3. The molecule has 12 heteroatoms. The minimum Gasteiger partial charge on any atom is -0.480 e. The molecule has 0 aromatic carbocycles. The number of carboxylic acid groups (broad SMARTS) is 1. The molecule has 0 rings (SSSR count). The SMILES string of the molecule is CCCCCCCCCCNCC(=O)O.O=[N+]([O-])[O-].O=[N+]([O-])[O-].[Cu+2]. The quantitative estimate of drug-likeness (QED) is 0.226. The predicted molar refractivity (Wildman–Crippen MR) is 83.8 cm³/mol. The van der Waals surface area contributed by atoms with Gasteiger partial charge in [0.25, 0.3) is 0 Å². The summed E-state index contributed by atoms with van der Waals surface area (Å²) in [5, 5.41) is 40.8. The van der Waals surface area contributed by atoms with E-state index in [4.69, 9.17) is 35.7 Å². The summed E-state index contributed by atoms with van der Waals surface area (Å²) in [5.41, 5.74) is 0. The van der Waals surface area contributed by atoms with Crippen molar-refractivity contribution in [2.75, 3.05) is 13.1 Å². The second-order valence-electron chi connectivity index (χ2n) is 4.49. The van der Waals surface area contributed by atoms with Crippen molar-refractivity contribution >= 4 is 5.97 Å². The van der Waals surface area contributed by atoms with Crippen molar-refractivity contribution in [2.24, 2.45) is 0 Å². The van der Waals surface area contributed by atoms with E-state index in [1.165, 1.54) is 44.9 Å². The molecule has 1 radical (unpaired) electrons. The third kappa shape index (κ3) is 71.1. The zero-order valence-electron chi connectivity index (χ0n) is 13.6. The summed E-state index contributed by atoms with van der Waals surface area (Å²) in [6.07, 6.45) is 10.3. The first-order chi connectivity index (χ1) is 10.7. The minimum absolute atomic E-state index is 0. The maximum atomic E-state index is 10.2. The van der Waals surface area contributed by atoms with Crippen molar-refractivity contribution in [3.63, 3.8) is 0 Å². The smallest absolute Gasteiger partial charge is 0.480 e. The van der Waals surface area contributed by atoms with Crippen molar-refractivity contribution in [2.45, 2.75) is 58.3 Å². The molecule has 11 nitrogen and oxygen atoms in total. The van der Waals surface area contributed by atoms with Crippen LogP contribution >= 0.6 is 0 Å². The van der Waals surface area contributed by atoms with Crippen LogP contribution < -0.4 is 5.32 Å². The fourth-order valence-corrected chi connectivity index (χ4v) is 1.58. The van der Waals surface area contributed by atoms with Crippen LogP contribution in [0.3, 0.4) is 0 Å². The summed E-state index contributed by atoms with van der Waals surface area (Å²) in [7, 11) is 0. The van der Waals surface area contributed by atoms with E-state index < -0.39 is 16.1 Å². The summed E-state index contributed by atoms with van der Waals surface area (Å²) in [6, 6.07) is 0. The maximum Gasteiger partial charge on any atom is 2.00 e. The van der Waals surface area contributed by atoms with Crippen LogP contribution in [0.4, 0.5) is 0 Å². The Balaban J connectivity index is -0.000000186. The normalized spacial score (nSPS) is 8.54. The van der Waals surface area contributed by atoms with E-state index in [9.17, 15) is 4.79 Å². The molecule has 0 heterocycles. The summed E-state index contributed by atoms with van der Waals surface area (Å²) >= 11 is 0. The van der Waals surface area contributed by atoms with Crippen LogP contribution in [0, 0.1) is 30.6 Å². The Kier molecular flexibility index (Phi) is 33.1. The van der Waals surface area contributed by atoms with E-state index in [-0.39, 0.29) is 23.6 Å². The molecule has 0 saturated carbocycles. The van der Waals surface area contributed by atoms with Crippen molar-refractivity contribution in [3.8, 4) is 0 Å². The van der Waals surface area contributed by atoms with Gasteiger partial charge in [0.1, 0.15) is 0 Å². The van der Waals surface area contributed by atoms with Crippen molar-refractivity contribution in [3.05, 3.63) is 30.6 Å². The van der Waals surface area contributed by atoms with Gasteiger partial charge < -0.3 is 41.1 Å². The zero-order chi connectivity index (χ0) is 18.5. The van der Waals surface area contributed by atoms with Crippen LogP contribution in [0.1, 0.15) is 58.3 Å². The Morgan fingerprint density at radius 1 is 0.875 bits per heavy atom. The van der Waals surface area contributed by atoms with Gasteiger partial charge in [-0.15, -0.1) is 0 Å². The Labute approximate surface area is 151 Å². The van der Waals surface area contributed by atoms with Gasteiger partial charge in [0.15, 0.2) is 0 Å². The third-order valence-electron chi connectivity index (χ3n) is 2.48. The molecular formula is C12H25CuN3O8. The van der Waals surface area contributed by atoms with E-state index in [0.29, 0.717) is 0 Å². The molecular weight excluding hydrogens is 378 g/mol. The molecule has 147 valence electrons. The first kappa shape index (κ1) is 30.3. The van der Waals surface area contributed by atoms with Crippen molar-refractivity contribution in [1.29, 1.82) is 0 Å². The van der Waals surface area contributed by atoms with E-state index in [1.54, 1.807) is 0 Å². The van der Waals surface area contributed by atoms with Gasteiger partial charge in [-0.3, -0.25) is 4.79 Å². The van der Waals surface area contributed by atoms with Crippen LogP contribution in [0.5, 0.6) is 0 Å². The molecule has 0 aliphatic heterocycles. The molecule has 0 saturated heterocycles. The Morgan fingerprint density at radius 2 is 1.21 bits per heavy atom. The van der Waals surface area contributed by atoms with Gasteiger partial charge in [-0.25, -0.2) is 0 Å². The van der Waals surface area contributed by atoms with E-state index >= 15 is 0 Å². The maximum absolute atomic E-state index is 10.2. The molecule has 24 heavy (non-hydrogen) atoms. The number of hydrogen-bond acceptors (Lipinski definition) is 8. The van der Waals surface area contributed by atoms with Crippen molar-refractivity contribution in [1.82, 2.24) is 5.32 Å². The summed E-state index contributed by atoms with van der Waals surface area (Å²) in [4.78, 5) is 26.7. The van der Waals surface area contributed by atoms with Gasteiger partial charge in [0, 0.05) is 0 Å². The van der Waals surface area contributed by atoms with Crippen LogP contribution in [0.2, 0.25) is 0 Å². The summed E-state index contributed by atoms with van der Waals surface area (Å²) in [6.45, 7) is 3.16. The fourth-order valence-electron chi connectivity index (χ4n) is 1.58. The first-order valence-corrected chi connectivity index (χ1v) is 7.29. The number of nitrogens with zero attached hydrogens (tertiary/aromatic N) is 2.